The van der Waals surface area contributed by atoms with Gasteiger partial charge in [-0.05, 0) is 35.9 Å². The Balaban J connectivity index is 1.40. The predicted octanol–water partition coefficient (Wildman–Crippen LogP) is 4.39. The number of carbonyl (C=O) groups excluding carboxylic acids is 1. The number of hydrogen-bond acceptors (Lipinski definition) is 4. The van der Waals surface area contributed by atoms with Crippen LogP contribution in [0.3, 0.4) is 0 Å². The third-order valence-corrected chi connectivity index (χ3v) is 5.41. The summed E-state index contributed by atoms with van der Waals surface area (Å²) >= 11 is 0. The quantitative estimate of drug-likeness (QED) is 0.421. The molecule has 7 heteroatoms. The van der Waals surface area contributed by atoms with Crippen LogP contribution in [0.2, 0.25) is 0 Å². The van der Waals surface area contributed by atoms with Gasteiger partial charge in [-0.1, -0.05) is 42.5 Å². The number of anilines is 1. The number of carboxylic acids is 1. The number of para-hydroxylation sites is 3. The molecule has 0 saturated carbocycles. The zero-order chi connectivity index (χ0) is 22.1. The van der Waals surface area contributed by atoms with Gasteiger partial charge in [0.15, 0.2) is 5.65 Å². The number of amides is 1. The molecular weight excluding hydrogens is 404 g/mol. The van der Waals surface area contributed by atoms with Crippen molar-refractivity contribution in [2.75, 3.05) is 5.32 Å². The number of benzene rings is 3. The van der Waals surface area contributed by atoms with Crippen molar-refractivity contribution in [2.24, 2.45) is 0 Å². The van der Waals surface area contributed by atoms with Crippen LogP contribution in [-0.2, 0) is 22.6 Å². The number of rotatable bonds is 6. The number of nitrogens with one attached hydrogen (secondary N) is 1. The fourth-order valence-corrected chi connectivity index (χ4v) is 3.93. The first-order chi connectivity index (χ1) is 15.6. The Morgan fingerprint density at radius 3 is 2.31 bits per heavy atom. The molecule has 0 fully saturated rings. The largest absolute Gasteiger partial charge is 0.481 e. The molecule has 0 atom stereocenters. The van der Waals surface area contributed by atoms with Crippen LogP contribution in [0.1, 0.15) is 12.0 Å². The zero-order valence-corrected chi connectivity index (χ0v) is 17.2. The summed E-state index contributed by atoms with van der Waals surface area (Å²) in [6, 6.07) is 22.6. The topological polar surface area (TPSA) is 97.1 Å². The third kappa shape index (κ3) is 3.76. The van der Waals surface area contributed by atoms with Crippen LogP contribution in [0, 0.1) is 0 Å². The molecule has 3 aromatic carbocycles. The number of carbonyl (C=O) groups is 2. The fraction of sp³-hybridized carbons (Fsp3) is 0.120. The van der Waals surface area contributed by atoms with Crippen molar-refractivity contribution < 1.29 is 14.7 Å². The molecule has 1 amide bonds. The maximum Gasteiger partial charge on any atom is 0.307 e. The van der Waals surface area contributed by atoms with Crippen molar-refractivity contribution in [3.05, 3.63) is 78.4 Å². The second-order valence-electron chi connectivity index (χ2n) is 7.62. The van der Waals surface area contributed by atoms with Gasteiger partial charge >= 0.3 is 5.97 Å². The lowest BCUT2D eigenvalue weighted by atomic mass is 10.1. The second-order valence-corrected chi connectivity index (χ2v) is 7.62. The lowest BCUT2D eigenvalue weighted by molar-refractivity contribution is -0.136. The molecule has 0 aliphatic heterocycles. The van der Waals surface area contributed by atoms with E-state index in [-0.39, 0.29) is 18.7 Å². The fourth-order valence-electron chi connectivity index (χ4n) is 3.93. The number of aromatic nitrogens is 3. The molecule has 0 radical (unpaired) electrons. The Bertz CT molecular complexity index is 1470. The van der Waals surface area contributed by atoms with E-state index in [9.17, 15) is 9.59 Å². The van der Waals surface area contributed by atoms with Crippen LogP contribution in [0.5, 0.6) is 0 Å². The van der Waals surface area contributed by atoms with E-state index < -0.39 is 5.97 Å². The first kappa shape index (κ1) is 19.7. The normalized spacial score (nSPS) is 11.2. The van der Waals surface area contributed by atoms with Gasteiger partial charge in [-0.15, -0.1) is 0 Å². The minimum absolute atomic E-state index is 0.0439. The van der Waals surface area contributed by atoms with Crippen LogP contribution >= 0.6 is 0 Å². The molecule has 5 aromatic rings. The number of nitrogens with zero attached hydrogens (tertiary/aromatic N) is 3. The average molecular weight is 424 g/mol. The predicted molar refractivity (Wildman–Crippen MR) is 124 cm³/mol. The van der Waals surface area contributed by atoms with Crippen LogP contribution in [0.25, 0.3) is 33.1 Å². The summed E-state index contributed by atoms with van der Waals surface area (Å²) < 4.78 is 2.04. The highest BCUT2D eigenvalue weighted by Crippen LogP contribution is 2.28. The molecule has 5 rings (SSSR count). The van der Waals surface area contributed by atoms with E-state index >= 15 is 0 Å². The Morgan fingerprint density at radius 1 is 0.875 bits per heavy atom. The molecule has 0 aliphatic rings. The number of fused-ring (bicyclic) bond motifs is 4. The maximum absolute atomic E-state index is 12.6. The Hall–Kier alpha value is -4.26. The van der Waals surface area contributed by atoms with Crippen LogP contribution in [0.4, 0.5) is 5.69 Å². The summed E-state index contributed by atoms with van der Waals surface area (Å²) in [7, 11) is 0. The summed E-state index contributed by atoms with van der Waals surface area (Å²) in [6.45, 7) is 0.458. The van der Waals surface area contributed by atoms with Gasteiger partial charge in [-0.25, -0.2) is 9.97 Å². The van der Waals surface area contributed by atoms with Gasteiger partial charge in [0.1, 0.15) is 5.52 Å². The van der Waals surface area contributed by atoms with Crippen molar-refractivity contribution in [2.45, 2.75) is 19.4 Å². The van der Waals surface area contributed by atoms with Gasteiger partial charge in [0.2, 0.25) is 5.91 Å². The van der Waals surface area contributed by atoms with Crippen LogP contribution in [0.15, 0.2) is 72.8 Å². The molecule has 0 unspecified atom stereocenters. The minimum atomic E-state index is -0.885. The van der Waals surface area contributed by atoms with E-state index in [1.165, 1.54) is 0 Å². The summed E-state index contributed by atoms with van der Waals surface area (Å²) in [6.07, 6.45) is 0.219. The minimum Gasteiger partial charge on any atom is -0.481 e. The highest BCUT2D eigenvalue weighted by Gasteiger charge is 2.15. The average Bonchev–Trinajstić information content (AvgIpc) is 3.10. The first-order valence-corrected chi connectivity index (χ1v) is 10.3. The highest BCUT2D eigenvalue weighted by molar-refractivity contribution is 6.06. The third-order valence-electron chi connectivity index (χ3n) is 5.41. The summed E-state index contributed by atoms with van der Waals surface area (Å²) in [5.41, 5.74) is 5.55. The molecule has 2 heterocycles. The van der Waals surface area contributed by atoms with E-state index in [4.69, 9.17) is 15.1 Å². The summed E-state index contributed by atoms with van der Waals surface area (Å²) in [5, 5.41) is 12.8. The van der Waals surface area contributed by atoms with E-state index in [1.807, 2.05) is 53.1 Å². The smallest absolute Gasteiger partial charge is 0.307 e. The van der Waals surface area contributed by atoms with Gasteiger partial charge in [0, 0.05) is 24.0 Å². The molecule has 32 heavy (non-hydrogen) atoms. The number of aliphatic carboxylic acids is 1. The van der Waals surface area contributed by atoms with Crippen LogP contribution in [-0.4, -0.2) is 31.5 Å². The monoisotopic (exact) mass is 424 g/mol. The molecule has 2 aromatic heterocycles. The van der Waals surface area contributed by atoms with E-state index in [2.05, 4.69) is 5.32 Å². The van der Waals surface area contributed by atoms with E-state index in [0.29, 0.717) is 17.8 Å². The Morgan fingerprint density at radius 2 is 1.56 bits per heavy atom. The van der Waals surface area contributed by atoms with Crippen molar-refractivity contribution in [3.63, 3.8) is 0 Å². The van der Waals surface area contributed by atoms with Gasteiger partial charge in [0.05, 0.1) is 23.0 Å². The molecule has 0 saturated heterocycles. The number of aryl methyl sites for hydroxylation is 1. The van der Waals surface area contributed by atoms with E-state index in [1.54, 1.807) is 24.3 Å². The van der Waals surface area contributed by atoms with Crippen molar-refractivity contribution >= 4 is 50.7 Å². The summed E-state index contributed by atoms with van der Waals surface area (Å²) in [5.74, 6) is -1.01. The molecule has 7 nitrogen and oxygen atoms in total. The van der Waals surface area contributed by atoms with Crippen molar-refractivity contribution in [1.82, 2.24) is 14.5 Å². The Labute approximate surface area is 183 Å². The van der Waals surface area contributed by atoms with Gasteiger partial charge in [0.25, 0.3) is 0 Å². The molecule has 0 spiro atoms. The van der Waals surface area contributed by atoms with Gasteiger partial charge in [-0.2, -0.15) is 0 Å². The first-order valence-electron chi connectivity index (χ1n) is 10.3. The highest BCUT2D eigenvalue weighted by atomic mass is 16.4. The molecular formula is C25H20N4O3. The van der Waals surface area contributed by atoms with Gasteiger partial charge in [-0.3, -0.25) is 9.59 Å². The summed E-state index contributed by atoms with van der Waals surface area (Å²) in [4.78, 5) is 33.1. The SMILES string of the molecule is O=C(O)Cc1ccc(NC(=O)CCn2c3ccccc3c3nc4ccccc4nc32)cc1. The molecule has 2 N–H and O–H groups in total. The lowest BCUT2D eigenvalue weighted by Crippen LogP contribution is -2.14. The van der Waals surface area contributed by atoms with Crippen molar-refractivity contribution in [1.29, 1.82) is 0 Å². The van der Waals surface area contributed by atoms with Gasteiger partial charge < -0.3 is 15.0 Å². The zero-order valence-electron chi connectivity index (χ0n) is 17.2. The number of hydrogen-bond donors (Lipinski definition) is 2. The Kier molecular flexibility index (Phi) is 4.99. The maximum atomic E-state index is 12.6. The lowest BCUT2D eigenvalue weighted by Gasteiger charge is -2.09. The number of carboxylic acid groups (broad SMARTS) is 1. The second kappa shape index (κ2) is 8.11. The standard InChI is InChI=1S/C25H20N4O3/c30-22(26-17-11-9-16(10-12-17)15-23(31)32)13-14-29-21-8-4-1-5-18(21)24-25(29)28-20-7-3-2-6-19(20)27-24/h1-12H,13-15H2,(H,26,30)(H,31,32). The molecule has 158 valence electrons. The van der Waals surface area contributed by atoms with E-state index in [0.717, 1.165) is 33.1 Å². The molecule has 0 aliphatic carbocycles. The van der Waals surface area contributed by atoms with Crippen LogP contribution < -0.4 is 5.32 Å². The van der Waals surface area contributed by atoms with Crippen molar-refractivity contribution in [3.8, 4) is 0 Å². The molecule has 0 bridgehead atoms.